The molecule has 1 fully saturated rings. The van der Waals surface area contributed by atoms with Gasteiger partial charge in [-0.15, -0.1) is 12.4 Å². The van der Waals surface area contributed by atoms with Crippen LogP contribution in [0.1, 0.15) is 32.0 Å². The second-order valence-corrected chi connectivity index (χ2v) is 12.7. The number of halogens is 7. The highest BCUT2D eigenvalue weighted by Crippen LogP contribution is 2.29. The van der Waals surface area contributed by atoms with Crippen LogP contribution in [0.3, 0.4) is 0 Å². The van der Waals surface area contributed by atoms with Crippen LogP contribution in [0.25, 0.3) is 10.9 Å². The molecule has 3 aromatic carbocycles. The van der Waals surface area contributed by atoms with Crippen molar-refractivity contribution in [1.29, 1.82) is 0 Å². The lowest BCUT2D eigenvalue weighted by molar-refractivity contribution is -0.127. The maximum Gasteiger partial charge on any atom is 0.393 e. The molecule has 1 aliphatic heterocycles. The van der Waals surface area contributed by atoms with E-state index in [1.807, 2.05) is 29.2 Å². The molecule has 0 bridgehead atoms. The average Bonchev–Trinajstić information content (AvgIpc) is 3.45. The zero-order valence-electron chi connectivity index (χ0n) is 29.2. The van der Waals surface area contributed by atoms with E-state index >= 15 is 0 Å². The van der Waals surface area contributed by atoms with E-state index in [-0.39, 0.29) is 35.3 Å². The summed E-state index contributed by atoms with van der Waals surface area (Å²) >= 11 is 0. The molecule has 54 heavy (non-hydrogen) atoms. The minimum Gasteiger partial charge on any atom is -0.488 e. The van der Waals surface area contributed by atoms with Crippen molar-refractivity contribution < 1.29 is 45.4 Å². The molecule has 286 valence electrons. The molecule has 2 aromatic heterocycles. The third kappa shape index (κ3) is 9.63. The fraction of sp³-hybridized carbons (Fsp3) is 0.289. The van der Waals surface area contributed by atoms with Crippen molar-refractivity contribution in [2.24, 2.45) is 7.05 Å². The summed E-state index contributed by atoms with van der Waals surface area (Å²) in [4.78, 5) is 35.9. The van der Waals surface area contributed by atoms with Crippen molar-refractivity contribution in [3.8, 4) is 17.4 Å². The first-order chi connectivity index (χ1) is 25.2. The Balaban J connectivity index is 0.00000561. The van der Waals surface area contributed by atoms with Gasteiger partial charge in [-0.1, -0.05) is 18.2 Å². The third-order valence-corrected chi connectivity index (χ3v) is 8.90. The van der Waals surface area contributed by atoms with Crippen LogP contribution in [0.2, 0.25) is 0 Å². The average molecular weight is 776 g/mol. The van der Waals surface area contributed by atoms with Crippen LogP contribution < -0.4 is 14.4 Å². The van der Waals surface area contributed by atoms with Crippen LogP contribution in [-0.2, 0) is 20.0 Å². The first kappa shape index (κ1) is 39.9. The van der Waals surface area contributed by atoms with Gasteiger partial charge in [0.15, 0.2) is 0 Å². The largest absolute Gasteiger partial charge is 0.488 e. The van der Waals surface area contributed by atoms with E-state index in [0.717, 1.165) is 33.5 Å². The highest BCUT2D eigenvalue weighted by molar-refractivity contribution is 6.06. The Bertz CT molecular complexity index is 2090. The highest BCUT2D eigenvalue weighted by atomic mass is 35.5. The summed E-state index contributed by atoms with van der Waals surface area (Å²) in [6, 6.07) is 20.1. The molecule has 0 radical (unpaired) electrons. The Labute approximate surface area is 313 Å². The smallest absolute Gasteiger partial charge is 0.393 e. The predicted molar refractivity (Wildman–Crippen MR) is 192 cm³/mol. The fourth-order valence-electron chi connectivity index (χ4n) is 6.08. The van der Waals surface area contributed by atoms with E-state index in [4.69, 9.17) is 9.47 Å². The number of ether oxygens (including phenoxy) is 2. The maximum atomic E-state index is 14.6. The normalized spacial score (nSPS) is 13.5. The molecular weight excluding hydrogens is 740 g/mol. The Morgan fingerprint density at radius 3 is 2.20 bits per heavy atom. The number of aromatic nitrogens is 2. The van der Waals surface area contributed by atoms with Crippen molar-refractivity contribution >= 4 is 40.8 Å². The lowest BCUT2D eigenvalue weighted by Crippen LogP contribution is -2.48. The minimum atomic E-state index is -4.50. The molecule has 5 aromatic rings. The Morgan fingerprint density at radius 1 is 0.889 bits per heavy atom. The molecule has 6 rings (SSSR count). The van der Waals surface area contributed by atoms with E-state index in [1.165, 1.54) is 19.3 Å². The molecule has 0 saturated carbocycles. The van der Waals surface area contributed by atoms with E-state index in [1.54, 1.807) is 41.9 Å². The van der Waals surface area contributed by atoms with Crippen LogP contribution in [0, 0.1) is 5.82 Å². The fourth-order valence-corrected chi connectivity index (χ4v) is 6.08. The molecule has 0 aliphatic carbocycles. The van der Waals surface area contributed by atoms with Crippen LogP contribution >= 0.6 is 12.4 Å². The highest BCUT2D eigenvalue weighted by Gasteiger charge is 2.29. The van der Waals surface area contributed by atoms with Gasteiger partial charge in [0.05, 0.1) is 29.4 Å². The van der Waals surface area contributed by atoms with Crippen LogP contribution in [0.5, 0.6) is 17.4 Å². The predicted octanol–water partition coefficient (Wildman–Crippen LogP) is 7.91. The van der Waals surface area contributed by atoms with Crippen LogP contribution in [0.4, 0.5) is 32.0 Å². The zero-order valence-corrected chi connectivity index (χ0v) is 30.0. The van der Waals surface area contributed by atoms with Gasteiger partial charge in [0.2, 0.25) is 5.88 Å². The van der Waals surface area contributed by atoms with Crippen molar-refractivity contribution in [3.63, 3.8) is 0 Å². The third-order valence-electron chi connectivity index (χ3n) is 8.90. The standard InChI is InChI=1S/C38H35F6N5O4.ClH/c1-46(36(50)30-11-5-25(17-31(30)39)20-38(42,43)44)27-7-12-35(45-21-27)53-29-10-6-26-18-33(47(2)32(26)19-29)37(51)49-15-13-48(14-16-49)22-24-3-8-28(9-4-24)52-23-34(40)41;/h3-12,17-19,21,34H,13-16,20,22-23H2,1-2H3;1H. The second kappa shape index (κ2) is 16.8. The Hall–Kier alpha value is -5.28. The number of benzene rings is 3. The summed E-state index contributed by atoms with van der Waals surface area (Å²) < 4.78 is 90.2. The molecule has 0 N–H and O–H groups in total. The van der Waals surface area contributed by atoms with Gasteiger partial charge in [-0.3, -0.25) is 14.5 Å². The number of pyridine rings is 1. The molecular formula is C38H36ClF6N5O4. The van der Waals surface area contributed by atoms with Gasteiger partial charge in [-0.05, 0) is 59.7 Å². The molecule has 0 spiro atoms. The SMILES string of the molecule is CN(C(=O)c1ccc(CC(F)(F)F)cc1F)c1ccc(Oc2ccc3cc(C(=O)N4CCN(Cc5ccc(OCC(F)F)cc5)CC4)n(C)c3c2)nc1.Cl. The molecule has 1 saturated heterocycles. The number of rotatable bonds is 11. The summed E-state index contributed by atoms with van der Waals surface area (Å²) in [6.45, 7) is 2.42. The quantitative estimate of drug-likeness (QED) is 0.127. The number of piperazine rings is 1. The number of hydrogen-bond donors (Lipinski definition) is 0. The Kier molecular flexibility index (Phi) is 12.4. The zero-order chi connectivity index (χ0) is 37.9. The summed E-state index contributed by atoms with van der Waals surface area (Å²) in [5.41, 5.74) is 1.93. The van der Waals surface area contributed by atoms with E-state index in [9.17, 15) is 35.9 Å². The van der Waals surface area contributed by atoms with E-state index < -0.39 is 37.4 Å². The number of carbonyl (C=O) groups excluding carboxylic acids is 2. The second-order valence-electron chi connectivity index (χ2n) is 12.7. The van der Waals surface area contributed by atoms with Crippen molar-refractivity contribution in [2.45, 2.75) is 25.6 Å². The molecule has 0 unspecified atom stereocenters. The summed E-state index contributed by atoms with van der Waals surface area (Å²) in [5.74, 6) is -0.870. The van der Waals surface area contributed by atoms with Gasteiger partial charge in [0, 0.05) is 64.3 Å². The first-order valence-corrected chi connectivity index (χ1v) is 16.6. The van der Waals surface area contributed by atoms with Crippen molar-refractivity contribution in [1.82, 2.24) is 19.4 Å². The van der Waals surface area contributed by atoms with Crippen LogP contribution in [-0.4, -0.2) is 83.6 Å². The lowest BCUT2D eigenvalue weighted by atomic mass is 10.1. The van der Waals surface area contributed by atoms with Crippen molar-refractivity contribution in [2.75, 3.05) is 44.7 Å². The van der Waals surface area contributed by atoms with Gasteiger partial charge in [-0.2, -0.15) is 13.2 Å². The van der Waals surface area contributed by atoms with Gasteiger partial charge in [-0.25, -0.2) is 18.2 Å². The summed E-state index contributed by atoms with van der Waals surface area (Å²) in [6.07, 6.45) is -6.99. The molecule has 9 nitrogen and oxygen atoms in total. The number of carbonyl (C=O) groups is 2. The van der Waals surface area contributed by atoms with E-state index in [2.05, 4.69) is 9.88 Å². The number of fused-ring (bicyclic) bond motifs is 1. The number of aryl methyl sites for hydroxylation is 1. The summed E-state index contributed by atoms with van der Waals surface area (Å²) in [7, 11) is 3.20. The number of nitrogens with zero attached hydrogens (tertiary/aromatic N) is 5. The van der Waals surface area contributed by atoms with E-state index in [0.29, 0.717) is 61.7 Å². The minimum absolute atomic E-state index is 0. The maximum absolute atomic E-state index is 14.6. The summed E-state index contributed by atoms with van der Waals surface area (Å²) in [5, 5.41) is 0.838. The number of hydrogen-bond acceptors (Lipinski definition) is 6. The van der Waals surface area contributed by atoms with Crippen LogP contribution in [0.15, 0.2) is 85.1 Å². The van der Waals surface area contributed by atoms with Gasteiger partial charge in [0.25, 0.3) is 18.2 Å². The molecule has 2 amide bonds. The number of amides is 2. The molecule has 3 heterocycles. The number of anilines is 1. The Morgan fingerprint density at radius 2 is 1.57 bits per heavy atom. The first-order valence-electron chi connectivity index (χ1n) is 16.6. The molecule has 1 aliphatic rings. The van der Waals surface area contributed by atoms with Crippen molar-refractivity contribution in [3.05, 3.63) is 113 Å². The van der Waals surface area contributed by atoms with Gasteiger partial charge < -0.3 is 23.8 Å². The number of alkyl halides is 5. The van der Waals surface area contributed by atoms with Gasteiger partial charge >= 0.3 is 6.18 Å². The lowest BCUT2D eigenvalue weighted by Gasteiger charge is -2.34. The molecule has 16 heteroatoms. The monoisotopic (exact) mass is 775 g/mol. The topological polar surface area (TPSA) is 80.1 Å². The van der Waals surface area contributed by atoms with Gasteiger partial charge in [0.1, 0.15) is 29.6 Å². The molecule has 0 atom stereocenters.